The Bertz CT molecular complexity index is 873. The summed E-state index contributed by atoms with van der Waals surface area (Å²) in [4.78, 5) is 23.5. The fraction of sp³-hybridized carbons (Fsp3) is 0.318. The third kappa shape index (κ3) is 7.18. The van der Waals surface area contributed by atoms with Gasteiger partial charge in [-0.15, -0.1) is 0 Å². The molecule has 7 heteroatoms. The summed E-state index contributed by atoms with van der Waals surface area (Å²) in [5.41, 5.74) is 2.56. The molecular formula is C22H25N3O4. The molecule has 152 valence electrons. The van der Waals surface area contributed by atoms with Gasteiger partial charge in [0.15, 0.2) is 11.5 Å². The van der Waals surface area contributed by atoms with E-state index in [0.29, 0.717) is 43.2 Å². The number of nitrogens with zero attached hydrogens (tertiary/aromatic N) is 1. The van der Waals surface area contributed by atoms with Crippen LogP contribution in [0.3, 0.4) is 0 Å². The normalized spacial score (nSPS) is 9.97. The van der Waals surface area contributed by atoms with Crippen LogP contribution in [0.2, 0.25) is 0 Å². The van der Waals surface area contributed by atoms with Crippen molar-refractivity contribution in [3.63, 3.8) is 0 Å². The average molecular weight is 395 g/mol. The lowest BCUT2D eigenvalue weighted by Gasteiger charge is -2.11. The Labute approximate surface area is 170 Å². The predicted octanol–water partition coefficient (Wildman–Crippen LogP) is 3.20. The number of carbonyl (C=O) groups excluding carboxylic acids is 2. The highest BCUT2D eigenvalue weighted by Gasteiger charge is 2.08. The highest BCUT2D eigenvalue weighted by molar-refractivity contribution is 5.90. The van der Waals surface area contributed by atoms with E-state index >= 15 is 0 Å². The van der Waals surface area contributed by atoms with Gasteiger partial charge in [0.05, 0.1) is 19.8 Å². The van der Waals surface area contributed by atoms with Crippen molar-refractivity contribution in [3.8, 4) is 17.6 Å². The Morgan fingerprint density at radius 2 is 1.76 bits per heavy atom. The van der Waals surface area contributed by atoms with Crippen LogP contribution in [-0.2, 0) is 22.6 Å². The quantitative estimate of drug-likeness (QED) is 0.643. The molecule has 2 N–H and O–H groups in total. The first-order chi connectivity index (χ1) is 14.0. The van der Waals surface area contributed by atoms with E-state index in [2.05, 4.69) is 10.6 Å². The van der Waals surface area contributed by atoms with Crippen LogP contribution in [0.4, 0.5) is 5.69 Å². The summed E-state index contributed by atoms with van der Waals surface area (Å²) in [6.45, 7) is 2.81. The number of ether oxygens (including phenoxy) is 2. The lowest BCUT2D eigenvalue weighted by atomic mass is 10.1. The van der Waals surface area contributed by atoms with Crippen molar-refractivity contribution in [1.29, 1.82) is 5.26 Å². The second-order valence-corrected chi connectivity index (χ2v) is 6.27. The molecule has 0 unspecified atom stereocenters. The van der Waals surface area contributed by atoms with E-state index in [-0.39, 0.29) is 18.2 Å². The fourth-order valence-electron chi connectivity index (χ4n) is 2.66. The molecule has 0 spiro atoms. The standard InChI is InChI=1S/C22H25N3O4/c1-3-29-19-10-6-16(14-20(19)28-2)7-11-22(27)25-18-8-4-17(5-9-18)15-24-21(26)12-13-23/h4-6,8-10,14H,3,7,11-12,15H2,1-2H3,(H,24,26)(H,25,27). The van der Waals surface area contributed by atoms with Gasteiger partial charge >= 0.3 is 0 Å². The van der Waals surface area contributed by atoms with Crippen LogP contribution >= 0.6 is 0 Å². The fourth-order valence-corrected chi connectivity index (χ4v) is 2.66. The maximum absolute atomic E-state index is 12.2. The van der Waals surface area contributed by atoms with E-state index in [1.54, 1.807) is 25.3 Å². The largest absolute Gasteiger partial charge is 0.493 e. The van der Waals surface area contributed by atoms with Crippen molar-refractivity contribution in [2.24, 2.45) is 0 Å². The molecule has 0 atom stereocenters. The Kier molecular flexibility index (Phi) is 8.51. The second-order valence-electron chi connectivity index (χ2n) is 6.27. The Hall–Kier alpha value is -3.53. The third-order valence-corrected chi connectivity index (χ3v) is 4.14. The lowest BCUT2D eigenvalue weighted by molar-refractivity contribution is -0.120. The number of amides is 2. The van der Waals surface area contributed by atoms with Crippen LogP contribution in [0, 0.1) is 11.3 Å². The molecule has 2 aromatic rings. The van der Waals surface area contributed by atoms with E-state index in [1.165, 1.54) is 0 Å². The van der Waals surface area contributed by atoms with Crippen LogP contribution in [-0.4, -0.2) is 25.5 Å². The molecule has 2 aromatic carbocycles. The van der Waals surface area contributed by atoms with E-state index in [4.69, 9.17) is 14.7 Å². The van der Waals surface area contributed by atoms with Crippen LogP contribution in [0.15, 0.2) is 42.5 Å². The predicted molar refractivity (Wildman–Crippen MR) is 110 cm³/mol. The number of hydrogen-bond acceptors (Lipinski definition) is 5. The number of anilines is 1. The molecule has 0 aromatic heterocycles. The van der Waals surface area contributed by atoms with Crippen molar-refractivity contribution in [2.75, 3.05) is 19.0 Å². The minimum Gasteiger partial charge on any atom is -0.493 e. The Balaban J connectivity index is 1.83. The van der Waals surface area contributed by atoms with Crippen molar-refractivity contribution < 1.29 is 19.1 Å². The van der Waals surface area contributed by atoms with Gasteiger partial charge in [0.2, 0.25) is 11.8 Å². The molecule has 29 heavy (non-hydrogen) atoms. The molecule has 0 saturated heterocycles. The number of aryl methyl sites for hydroxylation is 1. The third-order valence-electron chi connectivity index (χ3n) is 4.14. The zero-order chi connectivity index (χ0) is 21.1. The summed E-state index contributed by atoms with van der Waals surface area (Å²) in [5, 5.41) is 14.0. The van der Waals surface area contributed by atoms with Gasteiger partial charge in [0.25, 0.3) is 0 Å². The molecular weight excluding hydrogens is 370 g/mol. The average Bonchev–Trinajstić information content (AvgIpc) is 2.73. The summed E-state index contributed by atoms with van der Waals surface area (Å²) in [6, 6.07) is 14.7. The number of benzene rings is 2. The lowest BCUT2D eigenvalue weighted by Crippen LogP contribution is -2.21. The summed E-state index contributed by atoms with van der Waals surface area (Å²) in [6.07, 6.45) is 0.759. The minimum atomic E-state index is -0.309. The molecule has 7 nitrogen and oxygen atoms in total. The summed E-state index contributed by atoms with van der Waals surface area (Å²) < 4.78 is 10.8. The number of nitriles is 1. The minimum absolute atomic E-state index is 0.0899. The zero-order valence-electron chi connectivity index (χ0n) is 16.7. The van der Waals surface area contributed by atoms with Crippen LogP contribution in [0.1, 0.15) is 30.9 Å². The first kappa shape index (κ1) is 21.8. The van der Waals surface area contributed by atoms with Gasteiger partial charge in [0.1, 0.15) is 6.42 Å². The molecule has 0 saturated carbocycles. The first-order valence-corrected chi connectivity index (χ1v) is 9.37. The molecule has 0 heterocycles. The maximum Gasteiger partial charge on any atom is 0.234 e. The van der Waals surface area contributed by atoms with Gasteiger partial charge in [-0.3, -0.25) is 9.59 Å². The highest BCUT2D eigenvalue weighted by atomic mass is 16.5. The Morgan fingerprint density at radius 1 is 1.03 bits per heavy atom. The number of hydrogen-bond donors (Lipinski definition) is 2. The number of nitrogens with one attached hydrogen (secondary N) is 2. The van der Waals surface area contributed by atoms with E-state index < -0.39 is 0 Å². The topological polar surface area (TPSA) is 100 Å². The monoisotopic (exact) mass is 395 g/mol. The molecule has 0 aliphatic rings. The number of rotatable bonds is 10. The van der Waals surface area contributed by atoms with Crippen LogP contribution < -0.4 is 20.1 Å². The van der Waals surface area contributed by atoms with Gasteiger partial charge in [-0.05, 0) is 48.7 Å². The van der Waals surface area contributed by atoms with Crippen molar-refractivity contribution in [2.45, 2.75) is 32.7 Å². The molecule has 0 aliphatic heterocycles. The molecule has 2 amide bonds. The smallest absolute Gasteiger partial charge is 0.234 e. The van der Waals surface area contributed by atoms with Crippen molar-refractivity contribution in [3.05, 3.63) is 53.6 Å². The van der Waals surface area contributed by atoms with E-state index in [0.717, 1.165) is 11.1 Å². The Morgan fingerprint density at radius 3 is 2.41 bits per heavy atom. The van der Waals surface area contributed by atoms with Crippen molar-refractivity contribution in [1.82, 2.24) is 5.32 Å². The van der Waals surface area contributed by atoms with Gasteiger partial charge in [0, 0.05) is 18.7 Å². The first-order valence-electron chi connectivity index (χ1n) is 9.37. The zero-order valence-corrected chi connectivity index (χ0v) is 16.7. The number of carbonyl (C=O) groups is 2. The maximum atomic E-state index is 12.2. The van der Waals surface area contributed by atoms with Gasteiger partial charge in [-0.1, -0.05) is 18.2 Å². The molecule has 0 bridgehead atoms. The number of methoxy groups -OCH3 is 1. The molecule has 2 rings (SSSR count). The van der Waals surface area contributed by atoms with Crippen LogP contribution in [0.5, 0.6) is 11.5 Å². The second kappa shape index (κ2) is 11.3. The van der Waals surface area contributed by atoms with E-state index in [1.807, 2.05) is 37.3 Å². The van der Waals surface area contributed by atoms with Gasteiger partial charge in [-0.2, -0.15) is 5.26 Å². The molecule has 0 fully saturated rings. The molecule has 0 aliphatic carbocycles. The van der Waals surface area contributed by atoms with Crippen molar-refractivity contribution >= 4 is 17.5 Å². The summed E-state index contributed by atoms with van der Waals surface area (Å²) >= 11 is 0. The summed E-state index contributed by atoms with van der Waals surface area (Å²) in [7, 11) is 1.59. The SMILES string of the molecule is CCOc1ccc(CCC(=O)Nc2ccc(CNC(=O)CC#N)cc2)cc1OC. The van der Waals surface area contributed by atoms with Gasteiger partial charge in [-0.25, -0.2) is 0 Å². The van der Waals surface area contributed by atoms with E-state index in [9.17, 15) is 9.59 Å². The highest BCUT2D eigenvalue weighted by Crippen LogP contribution is 2.28. The van der Waals surface area contributed by atoms with Gasteiger partial charge < -0.3 is 20.1 Å². The molecule has 0 radical (unpaired) electrons. The van der Waals surface area contributed by atoms with Crippen LogP contribution in [0.25, 0.3) is 0 Å². The summed E-state index contributed by atoms with van der Waals surface area (Å²) in [5.74, 6) is 0.943.